The summed E-state index contributed by atoms with van der Waals surface area (Å²) in [7, 11) is 1.70. The van der Waals surface area contributed by atoms with E-state index in [-0.39, 0.29) is 18.6 Å². The smallest absolute Gasteiger partial charge is 0.331 e. The Labute approximate surface area is 199 Å². The van der Waals surface area contributed by atoms with Crippen LogP contribution in [-0.2, 0) is 20.9 Å². The van der Waals surface area contributed by atoms with Crippen molar-refractivity contribution in [3.63, 3.8) is 0 Å². The van der Waals surface area contributed by atoms with Gasteiger partial charge in [-0.1, -0.05) is 60.1 Å². The van der Waals surface area contributed by atoms with E-state index in [1.165, 1.54) is 6.08 Å². The molecule has 0 bridgehead atoms. The molecule has 6 nitrogen and oxygen atoms in total. The van der Waals surface area contributed by atoms with E-state index in [1.807, 2.05) is 80.1 Å². The standard InChI is InChI=1S/C26H28ClN3O3/c1-18-23(20(3)30(28-18)16-22-12-8-9-13-24(22)27)14-15-26(32)33-17-25(31)29(4)19(2)21-10-6-5-7-11-21/h5-15,19H,16-17H2,1-4H3/b15-14+. The lowest BCUT2D eigenvalue weighted by molar-refractivity contribution is -0.148. The monoisotopic (exact) mass is 465 g/mol. The number of esters is 1. The fourth-order valence-corrected chi connectivity index (χ4v) is 3.69. The van der Waals surface area contributed by atoms with E-state index in [1.54, 1.807) is 18.0 Å². The fraction of sp³-hybridized carbons (Fsp3) is 0.269. The van der Waals surface area contributed by atoms with Crippen LogP contribution in [0.3, 0.4) is 0 Å². The molecule has 0 aliphatic rings. The number of ether oxygens (including phenoxy) is 1. The lowest BCUT2D eigenvalue weighted by Gasteiger charge is -2.25. The molecule has 1 aromatic heterocycles. The predicted molar refractivity (Wildman–Crippen MR) is 130 cm³/mol. The Morgan fingerprint density at radius 1 is 1.12 bits per heavy atom. The van der Waals surface area contributed by atoms with Gasteiger partial charge in [0.25, 0.3) is 5.91 Å². The van der Waals surface area contributed by atoms with Crippen LogP contribution in [0.25, 0.3) is 6.08 Å². The molecule has 0 spiro atoms. The highest BCUT2D eigenvalue weighted by atomic mass is 35.5. The lowest BCUT2D eigenvalue weighted by Crippen LogP contribution is -2.33. The number of likely N-dealkylation sites (N-methyl/N-ethyl adjacent to an activating group) is 1. The van der Waals surface area contributed by atoms with E-state index in [2.05, 4.69) is 5.10 Å². The van der Waals surface area contributed by atoms with Crippen LogP contribution in [0, 0.1) is 13.8 Å². The third-order valence-corrected chi connectivity index (χ3v) is 6.06. The number of aromatic nitrogens is 2. The van der Waals surface area contributed by atoms with Crippen molar-refractivity contribution in [3.8, 4) is 0 Å². The van der Waals surface area contributed by atoms with Gasteiger partial charge in [0.05, 0.1) is 18.3 Å². The van der Waals surface area contributed by atoms with Gasteiger partial charge in [-0.15, -0.1) is 0 Å². The number of carbonyl (C=O) groups is 2. The van der Waals surface area contributed by atoms with Crippen LogP contribution in [0.5, 0.6) is 0 Å². The van der Waals surface area contributed by atoms with Crippen molar-refractivity contribution in [2.45, 2.75) is 33.4 Å². The number of hydrogen-bond donors (Lipinski definition) is 0. The minimum Gasteiger partial charge on any atom is -0.452 e. The maximum Gasteiger partial charge on any atom is 0.331 e. The molecule has 0 radical (unpaired) electrons. The van der Waals surface area contributed by atoms with Crippen LogP contribution in [0.2, 0.25) is 5.02 Å². The quantitative estimate of drug-likeness (QED) is 0.347. The molecule has 3 rings (SSSR count). The maximum absolute atomic E-state index is 12.4. The first-order valence-electron chi connectivity index (χ1n) is 10.7. The second kappa shape index (κ2) is 11.0. The van der Waals surface area contributed by atoms with Crippen molar-refractivity contribution >= 4 is 29.6 Å². The summed E-state index contributed by atoms with van der Waals surface area (Å²) in [6, 6.07) is 17.2. The Morgan fingerprint density at radius 3 is 2.48 bits per heavy atom. The summed E-state index contributed by atoms with van der Waals surface area (Å²) >= 11 is 6.27. The summed E-state index contributed by atoms with van der Waals surface area (Å²) in [4.78, 5) is 26.2. The normalized spacial score (nSPS) is 12.0. The van der Waals surface area contributed by atoms with Gasteiger partial charge in [0.15, 0.2) is 6.61 Å². The number of benzene rings is 2. The summed E-state index contributed by atoms with van der Waals surface area (Å²) in [5.41, 5.74) is 4.51. The fourth-order valence-electron chi connectivity index (χ4n) is 3.50. The summed E-state index contributed by atoms with van der Waals surface area (Å²) in [6.07, 6.45) is 2.99. The second-order valence-electron chi connectivity index (χ2n) is 7.87. The van der Waals surface area contributed by atoms with Gasteiger partial charge < -0.3 is 9.64 Å². The molecule has 3 aromatic rings. The molecule has 0 saturated heterocycles. The van der Waals surface area contributed by atoms with E-state index >= 15 is 0 Å². The van der Waals surface area contributed by atoms with Crippen molar-refractivity contribution < 1.29 is 14.3 Å². The van der Waals surface area contributed by atoms with Gasteiger partial charge in [-0.05, 0) is 44.0 Å². The van der Waals surface area contributed by atoms with E-state index in [0.717, 1.165) is 28.1 Å². The van der Waals surface area contributed by atoms with Crippen molar-refractivity contribution in [3.05, 3.63) is 93.8 Å². The Balaban J connectivity index is 1.59. The van der Waals surface area contributed by atoms with Crippen LogP contribution in [0.1, 0.15) is 41.0 Å². The van der Waals surface area contributed by atoms with Crippen molar-refractivity contribution in [1.29, 1.82) is 0 Å². The Hall–Kier alpha value is -3.38. The molecule has 0 aliphatic heterocycles. The Kier molecular flexibility index (Phi) is 8.06. The molecule has 1 heterocycles. The number of halogens is 1. The molecule has 0 aliphatic carbocycles. The van der Waals surface area contributed by atoms with E-state index in [0.29, 0.717) is 11.6 Å². The van der Waals surface area contributed by atoms with Crippen molar-refractivity contribution in [2.75, 3.05) is 13.7 Å². The van der Waals surface area contributed by atoms with Crippen LogP contribution < -0.4 is 0 Å². The number of rotatable bonds is 8. The molecular weight excluding hydrogens is 438 g/mol. The van der Waals surface area contributed by atoms with Crippen LogP contribution >= 0.6 is 11.6 Å². The van der Waals surface area contributed by atoms with Gasteiger partial charge in [0, 0.05) is 29.4 Å². The number of amides is 1. The maximum atomic E-state index is 12.4. The number of nitrogens with zero attached hydrogens (tertiary/aromatic N) is 3. The van der Waals surface area contributed by atoms with E-state index in [9.17, 15) is 9.59 Å². The molecule has 1 atom stereocenters. The van der Waals surface area contributed by atoms with Gasteiger partial charge in [-0.2, -0.15) is 5.10 Å². The number of aryl methyl sites for hydroxylation is 1. The molecule has 0 N–H and O–H groups in total. The zero-order chi connectivity index (χ0) is 24.0. The van der Waals surface area contributed by atoms with Gasteiger partial charge >= 0.3 is 5.97 Å². The SMILES string of the molecule is Cc1nn(Cc2ccccc2Cl)c(C)c1/C=C/C(=O)OCC(=O)N(C)C(C)c1ccccc1. The minimum atomic E-state index is -0.582. The van der Waals surface area contributed by atoms with Crippen LogP contribution in [0.15, 0.2) is 60.7 Å². The van der Waals surface area contributed by atoms with Crippen molar-refractivity contribution in [2.24, 2.45) is 0 Å². The largest absolute Gasteiger partial charge is 0.452 e. The molecule has 33 heavy (non-hydrogen) atoms. The first-order valence-corrected chi connectivity index (χ1v) is 11.1. The second-order valence-corrected chi connectivity index (χ2v) is 8.27. The number of hydrogen-bond acceptors (Lipinski definition) is 4. The summed E-state index contributed by atoms with van der Waals surface area (Å²) < 4.78 is 7.02. The highest BCUT2D eigenvalue weighted by Gasteiger charge is 2.18. The Morgan fingerprint density at radius 2 is 1.79 bits per heavy atom. The van der Waals surface area contributed by atoms with Gasteiger partial charge in [0.2, 0.25) is 0 Å². The minimum absolute atomic E-state index is 0.123. The molecule has 0 fully saturated rings. The van der Waals surface area contributed by atoms with E-state index in [4.69, 9.17) is 16.3 Å². The van der Waals surface area contributed by atoms with Gasteiger partial charge in [-0.3, -0.25) is 9.48 Å². The molecule has 0 saturated carbocycles. The van der Waals surface area contributed by atoms with E-state index < -0.39 is 5.97 Å². The highest BCUT2D eigenvalue weighted by molar-refractivity contribution is 6.31. The molecule has 7 heteroatoms. The van der Waals surface area contributed by atoms with Gasteiger partial charge in [-0.25, -0.2) is 4.79 Å². The average Bonchev–Trinajstić information content (AvgIpc) is 3.09. The summed E-state index contributed by atoms with van der Waals surface area (Å²) in [5, 5.41) is 5.25. The Bertz CT molecular complexity index is 1150. The average molecular weight is 466 g/mol. The third-order valence-electron chi connectivity index (χ3n) is 5.70. The molecule has 1 amide bonds. The molecule has 2 aromatic carbocycles. The van der Waals surface area contributed by atoms with Crippen LogP contribution in [0.4, 0.5) is 0 Å². The zero-order valence-corrected chi connectivity index (χ0v) is 20.0. The molecule has 1 unspecified atom stereocenters. The first kappa shape index (κ1) is 24.3. The first-order chi connectivity index (χ1) is 15.8. The third kappa shape index (κ3) is 6.11. The van der Waals surface area contributed by atoms with Crippen molar-refractivity contribution in [1.82, 2.24) is 14.7 Å². The topological polar surface area (TPSA) is 64.4 Å². The molecule has 172 valence electrons. The lowest BCUT2D eigenvalue weighted by atomic mass is 10.1. The molecular formula is C26H28ClN3O3. The number of carbonyl (C=O) groups excluding carboxylic acids is 2. The highest BCUT2D eigenvalue weighted by Crippen LogP contribution is 2.21. The zero-order valence-electron chi connectivity index (χ0n) is 19.3. The summed E-state index contributed by atoms with van der Waals surface area (Å²) in [5.74, 6) is -0.852. The predicted octanol–water partition coefficient (Wildman–Crippen LogP) is 4.98. The van der Waals surface area contributed by atoms with Gasteiger partial charge in [0.1, 0.15) is 0 Å². The van der Waals surface area contributed by atoms with Crippen LogP contribution in [-0.4, -0.2) is 40.2 Å². The summed E-state index contributed by atoms with van der Waals surface area (Å²) in [6.45, 7) is 5.96.